The molecule has 0 aliphatic carbocycles. The molecule has 1 atom stereocenters. The molecule has 2 nitrogen and oxygen atoms in total. The molecule has 6 heteroatoms. The number of carbonyl (C=O) groups is 1. The summed E-state index contributed by atoms with van der Waals surface area (Å²) in [5.74, 6) is 0. The summed E-state index contributed by atoms with van der Waals surface area (Å²) in [6.07, 6.45) is 0.507. The van der Waals surface area contributed by atoms with Gasteiger partial charge in [0.05, 0.1) is 10.0 Å². The van der Waals surface area contributed by atoms with Crippen LogP contribution in [-0.2, 0) is 9.79 Å². The monoisotopic (exact) mass is 281 g/mol. The van der Waals surface area contributed by atoms with Gasteiger partial charge in [0.25, 0.3) is 0 Å². The Morgan fingerprint density at radius 3 is 2.53 bits per heavy atom. The van der Waals surface area contributed by atoms with E-state index in [4.69, 9.17) is 46.4 Å². The molecule has 0 bridgehead atoms. The number of carbonyl (C=O) groups excluding carboxylic acids is 1. The molecule has 0 saturated heterocycles. The Balaban J connectivity index is 2.78. The molecule has 1 aromatic rings. The molecular formula is C9H3Cl4NO. The van der Waals surface area contributed by atoms with Crippen molar-refractivity contribution in [2.75, 3.05) is 0 Å². The van der Waals surface area contributed by atoms with Crippen molar-refractivity contribution in [3.05, 3.63) is 33.3 Å². The Kier molecular flexibility index (Phi) is 2.72. The van der Waals surface area contributed by atoms with Gasteiger partial charge in [-0.15, -0.1) is 0 Å². The van der Waals surface area contributed by atoms with Crippen molar-refractivity contribution in [2.24, 2.45) is 4.99 Å². The minimum atomic E-state index is -1.47. The lowest BCUT2D eigenvalue weighted by molar-refractivity contribution is -0.110. The number of fused-ring (bicyclic) bond motifs is 1. The van der Waals surface area contributed by atoms with Gasteiger partial charge in [0.15, 0.2) is 6.29 Å². The molecule has 78 valence electrons. The van der Waals surface area contributed by atoms with Crippen LogP contribution in [0.15, 0.2) is 17.1 Å². The van der Waals surface area contributed by atoms with Gasteiger partial charge in [0.1, 0.15) is 5.17 Å². The third-order valence-corrected chi connectivity index (χ3v) is 3.55. The zero-order valence-electron chi connectivity index (χ0n) is 7.10. The standard InChI is InChI=1S/C9H3Cl4NO/c10-5-2-1-4-6(7(5)11)8(12)14-9(4,13)3-15/h1-3H. The second-order valence-electron chi connectivity index (χ2n) is 2.98. The molecule has 0 amide bonds. The third-order valence-electron chi connectivity index (χ3n) is 2.10. The molecule has 0 saturated carbocycles. The summed E-state index contributed by atoms with van der Waals surface area (Å²) in [6, 6.07) is 3.14. The second-order valence-corrected chi connectivity index (χ2v) is 4.70. The summed E-state index contributed by atoms with van der Waals surface area (Å²) in [5.41, 5.74) is 0.881. The molecule has 1 aliphatic rings. The average Bonchev–Trinajstić information content (AvgIpc) is 2.46. The number of alkyl halides is 1. The molecule has 0 fully saturated rings. The molecule has 1 aliphatic heterocycles. The number of aliphatic imine (C=N–C) groups is 1. The predicted molar refractivity (Wildman–Crippen MR) is 62.4 cm³/mol. The molecule has 0 radical (unpaired) electrons. The number of benzene rings is 1. The largest absolute Gasteiger partial charge is 0.299 e. The van der Waals surface area contributed by atoms with Crippen LogP contribution in [0.4, 0.5) is 0 Å². The lowest BCUT2D eigenvalue weighted by Crippen LogP contribution is -2.14. The fraction of sp³-hybridized carbons (Fsp3) is 0.111. The summed E-state index contributed by atoms with van der Waals surface area (Å²) >= 11 is 23.6. The second kappa shape index (κ2) is 3.63. The summed E-state index contributed by atoms with van der Waals surface area (Å²) < 4.78 is 0. The number of aldehydes is 1. The summed E-state index contributed by atoms with van der Waals surface area (Å²) in [5, 5.41) is 0.697. The van der Waals surface area contributed by atoms with E-state index in [9.17, 15) is 4.79 Å². The Morgan fingerprint density at radius 2 is 1.93 bits per heavy atom. The van der Waals surface area contributed by atoms with Crippen LogP contribution < -0.4 is 0 Å². The van der Waals surface area contributed by atoms with Crippen LogP contribution >= 0.6 is 46.4 Å². The molecule has 0 aromatic heterocycles. The Bertz CT molecular complexity index is 485. The van der Waals surface area contributed by atoms with E-state index in [1.165, 1.54) is 0 Å². The van der Waals surface area contributed by atoms with Gasteiger partial charge >= 0.3 is 0 Å². The van der Waals surface area contributed by atoms with Crippen LogP contribution in [0.1, 0.15) is 11.1 Å². The van der Waals surface area contributed by atoms with Crippen molar-refractivity contribution < 1.29 is 4.79 Å². The van der Waals surface area contributed by atoms with Crippen molar-refractivity contribution >= 4 is 57.9 Å². The molecular weight excluding hydrogens is 280 g/mol. The molecule has 0 spiro atoms. The van der Waals surface area contributed by atoms with Gasteiger partial charge in [0.2, 0.25) is 5.00 Å². The van der Waals surface area contributed by atoms with Crippen molar-refractivity contribution in [1.29, 1.82) is 0 Å². The Labute approximate surface area is 106 Å². The zero-order chi connectivity index (χ0) is 11.2. The van der Waals surface area contributed by atoms with Gasteiger partial charge < -0.3 is 0 Å². The quantitative estimate of drug-likeness (QED) is 0.440. The molecule has 15 heavy (non-hydrogen) atoms. The maximum atomic E-state index is 10.9. The summed E-state index contributed by atoms with van der Waals surface area (Å²) in [6.45, 7) is 0. The highest BCUT2D eigenvalue weighted by molar-refractivity contribution is 6.72. The molecule has 1 aromatic carbocycles. The van der Waals surface area contributed by atoms with Gasteiger partial charge in [-0.3, -0.25) is 4.79 Å². The van der Waals surface area contributed by atoms with Crippen LogP contribution in [0.2, 0.25) is 10.0 Å². The fourth-order valence-corrected chi connectivity index (χ4v) is 2.47. The minimum Gasteiger partial charge on any atom is -0.299 e. The minimum absolute atomic E-state index is 0.0969. The van der Waals surface area contributed by atoms with Gasteiger partial charge in [-0.05, 0) is 6.07 Å². The number of hydrogen-bond donors (Lipinski definition) is 0. The van der Waals surface area contributed by atoms with Crippen molar-refractivity contribution in [1.82, 2.24) is 0 Å². The average molecular weight is 283 g/mol. The Hall–Kier alpha value is -0.280. The zero-order valence-corrected chi connectivity index (χ0v) is 10.1. The highest BCUT2D eigenvalue weighted by atomic mass is 35.5. The number of halogens is 4. The van der Waals surface area contributed by atoms with E-state index < -0.39 is 5.00 Å². The first-order valence-corrected chi connectivity index (χ1v) is 5.40. The third kappa shape index (κ3) is 1.56. The highest BCUT2D eigenvalue weighted by Crippen LogP contribution is 2.43. The van der Waals surface area contributed by atoms with Crippen LogP contribution in [0.5, 0.6) is 0 Å². The van der Waals surface area contributed by atoms with Gasteiger partial charge in [-0.2, -0.15) is 0 Å². The number of hydrogen-bond acceptors (Lipinski definition) is 2. The van der Waals surface area contributed by atoms with E-state index in [0.717, 1.165) is 0 Å². The molecule has 1 heterocycles. The van der Waals surface area contributed by atoms with Gasteiger partial charge in [-0.25, -0.2) is 4.99 Å². The normalized spacial score (nSPS) is 23.6. The van der Waals surface area contributed by atoms with Crippen LogP contribution in [-0.4, -0.2) is 11.5 Å². The van der Waals surface area contributed by atoms with E-state index in [-0.39, 0.29) is 10.2 Å². The maximum Gasteiger partial charge on any atom is 0.216 e. The van der Waals surface area contributed by atoms with E-state index >= 15 is 0 Å². The highest BCUT2D eigenvalue weighted by Gasteiger charge is 2.39. The number of rotatable bonds is 1. The predicted octanol–water partition coefficient (Wildman–Crippen LogP) is 3.58. The first kappa shape index (κ1) is 11.2. The Morgan fingerprint density at radius 1 is 1.27 bits per heavy atom. The van der Waals surface area contributed by atoms with E-state index in [1.807, 2.05) is 0 Å². The van der Waals surface area contributed by atoms with Crippen LogP contribution in [0.3, 0.4) is 0 Å². The SMILES string of the molecule is O=CC1(Cl)N=C(Cl)c2c1ccc(Cl)c2Cl. The van der Waals surface area contributed by atoms with E-state index in [0.29, 0.717) is 22.4 Å². The van der Waals surface area contributed by atoms with Crippen molar-refractivity contribution in [2.45, 2.75) is 5.00 Å². The van der Waals surface area contributed by atoms with Gasteiger partial charge in [-0.1, -0.05) is 52.5 Å². The van der Waals surface area contributed by atoms with Crippen LogP contribution in [0.25, 0.3) is 0 Å². The van der Waals surface area contributed by atoms with E-state index in [2.05, 4.69) is 4.99 Å². The molecule has 1 unspecified atom stereocenters. The van der Waals surface area contributed by atoms with Crippen molar-refractivity contribution in [3.8, 4) is 0 Å². The number of nitrogens with zero attached hydrogens (tertiary/aromatic N) is 1. The smallest absolute Gasteiger partial charge is 0.216 e. The topological polar surface area (TPSA) is 29.4 Å². The first-order valence-electron chi connectivity index (χ1n) is 3.89. The molecule has 0 N–H and O–H groups in total. The van der Waals surface area contributed by atoms with Crippen LogP contribution in [0, 0.1) is 0 Å². The summed E-state index contributed by atoms with van der Waals surface area (Å²) in [7, 11) is 0. The lowest BCUT2D eigenvalue weighted by atomic mass is 10.0. The first-order chi connectivity index (χ1) is 6.99. The maximum absolute atomic E-state index is 10.9. The fourth-order valence-electron chi connectivity index (χ4n) is 1.39. The van der Waals surface area contributed by atoms with E-state index in [1.54, 1.807) is 12.1 Å². The van der Waals surface area contributed by atoms with Crippen molar-refractivity contribution in [3.63, 3.8) is 0 Å². The lowest BCUT2D eigenvalue weighted by Gasteiger charge is -2.12. The summed E-state index contributed by atoms with van der Waals surface area (Å²) in [4.78, 5) is 13.2. The molecule has 2 rings (SSSR count). The van der Waals surface area contributed by atoms with Gasteiger partial charge in [0, 0.05) is 11.1 Å².